The Balaban J connectivity index is 1.58. The van der Waals surface area contributed by atoms with Gasteiger partial charge in [-0.15, -0.1) is 0 Å². The Morgan fingerprint density at radius 3 is 2.45 bits per heavy atom. The quantitative estimate of drug-likeness (QED) is 0.156. The van der Waals surface area contributed by atoms with Gasteiger partial charge in [0.05, 0.1) is 19.5 Å². The summed E-state index contributed by atoms with van der Waals surface area (Å²) in [4.78, 5) is 15.9. The molecule has 0 saturated carbocycles. The Bertz CT molecular complexity index is 784. The van der Waals surface area contributed by atoms with Gasteiger partial charge in [-0.3, -0.25) is 4.79 Å². The maximum atomic E-state index is 11.8. The second-order valence-corrected chi connectivity index (χ2v) is 9.28. The van der Waals surface area contributed by atoms with Crippen LogP contribution in [0.2, 0.25) is 10.0 Å². The van der Waals surface area contributed by atoms with Crippen LogP contribution in [-0.4, -0.2) is 28.7 Å². The van der Waals surface area contributed by atoms with Gasteiger partial charge in [0.15, 0.2) is 0 Å². The first kappa shape index (κ1) is 27.7. The summed E-state index contributed by atoms with van der Waals surface area (Å²) >= 11 is 12.5. The van der Waals surface area contributed by atoms with Gasteiger partial charge in [-0.25, -0.2) is 4.98 Å². The summed E-state index contributed by atoms with van der Waals surface area (Å²) in [5, 5.41) is 1.22. The Morgan fingerprint density at radius 1 is 1.00 bits per heavy atom. The number of carbonyl (C=O) groups is 1. The van der Waals surface area contributed by atoms with E-state index in [0.717, 1.165) is 50.5 Å². The summed E-state index contributed by atoms with van der Waals surface area (Å²) in [6.45, 7) is 4.06. The lowest BCUT2D eigenvalue weighted by atomic mass is 10.1. The van der Waals surface area contributed by atoms with E-state index in [1.807, 2.05) is 22.9 Å². The molecule has 1 atom stereocenters. The van der Waals surface area contributed by atoms with E-state index in [2.05, 4.69) is 11.9 Å². The molecule has 184 valence electrons. The highest BCUT2D eigenvalue weighted by atomic mass is 35.5. The van der Waals surface area contributed by atoms with Gasteiger partial charge in [0, 0.05) is 41.0 Å². The number of halogens is 2. The Hall–Kier alpha value is -1.56. The molecule has 0 bridgehead atoms. The van der Waals surface area contributed by atoms with Gasteiger partial charge in [-0.2, -0.15) is 0 Å². The van der Waals surface area contributed by atoms with Crippen molar-refractivity contribution in [2.24, 2.45) is 0 Å². The lowest BCUT2D eigenvalue weighted by Crippen LogP contribution is -2.13. The fourth-order valence-corrected chi connectivity index (χ4v) is 4.21. The number of hydrogen-bond acceptors (Lipinski definition) is 4. The maximum Gasteiger partial charge on any atom is 0.305 e. The van der Waals surface area contributed by atoms with Crippen molar-refractivity contribution in [2.75, 3.05) is 13.2 Å². The minimum Gasteiger partial charge on any atom is -0.466 e. The monoisotopic (exact) mass is 496 g/mol. The lowest BCUT2D eigenvalue weighted by molar-refractivity contribution is -0.143. The average molecular weight is 498 g/mol. The number of benzene rings is 1. The van der Waals surface area contributed by atoms with Gasteiger partial charge >= 0.3 is 5.97 Å². The van der Waals surface area contributed by atoms with Gasteiger partial charge in [-0.05, 0) is 31.4 Å². The molecule has 33 heavy (non-hydrogen) atoms. The molecule has 0 spiro atoms. The first-order chi connectivity index (χ1) is 16.1. The predicted octanol–water partition coefficient (Wildman–Crippen LogP) is 7.80. The molecule has 0 fully saturated rings. The molecule has 2 rings (SSSR count). The summed E-state index contributed by atoms with van der Waals surface area (Å²) in [5.74, 6) is -0.0592. The van der Waals surface area contributed by atoms with Crippen molar-refractivity contribution < 1.29 is 14.3 Å². The van der Waals surface area contributed by atoms with E-state index in [1.165, 1.54) is 19.3 Å². The van der Waals surface area contributed by atoms with Crippen molar-refractivity contribution in [3.8, 4) is 0 Å². The number of imidazole rings is 1. The number of carbonyl (C=O) groups excluding carboxylic acids is 1. The van der Waals surface area contributed by atoms with Crippen LogP contribution in [0, 0.1) is 0 Å². The largest absolute Gasteiger partial charge is 0.466 e. The van der Waals surface area contributed by atoms with Gasteiger partial charge in [0.25, 0.3) is 0 Å². The van der Waals surface area contributed by atoms with Crippen molar-refractivity contribution in [3.05, 3.63) is 52.5 Å². The van der Waals surface area contributed by atoms with Gasteiger partial charge in [0.1, 0.15) is 6.10 Å². The molecular weight excluding hydrogens is 459 g/mol. The Labute approximate surface area is 208 Å². The van der Waals surface area contributed by atoms with E-state index in [4.69, 9.17) is 32.7 Å². The number of ether oxygens (including phenoxy) is 2. The van der Waals surface area contributed by atoms with Gasteiger partial charge in [-0.1, -0.05) is 81.1 Å². The molecule has 2 aromatic rings. The number of aromatic nitrogens is 2. The molecular formula is C26H38Cl2N2O3. The third kappa shape index (κ3) is 11.9. The van der Waals surface area contributed by atoms with Crippen LogP contribution < -0.4 is 0 Å². The zero-order valence-electron chi connectivity index (χ0n) is 19.8. The molecule has 0 saturated heterocycles. The van der Waals surface area contributed by atoms with Crippen molar-refractivity contribution in [3.63, 3.8) is 0 Å². The van der Waals surface area contributed by atoms with Crippen LogP contribution in [0.4, 0.5) is 0 Å². The first-order valence-corrected chi connectivity index (χ1v) is 13.0. The number of esters is 1. The molecule has 0 N–H and O–H groups in total. The summed E-state index contributed by atoms with van der Waals surface area (Å²) in [7, 11) is 0. The molecule has 1 aromatic carbocycles. The molecule has 0 aliphatic carbocycles. The Kier molecular flexibility index (Phi) is 14.2. The molecule has 5 nitrogen and oxygen atoms in total. The highest BCUT2D eigenvalue weighted by Gasteiger charge is 2.16. The number of hydrogen-bond donors (Lipinski definition) is 0. The van der Waals surface area contributed by atoms with E-state index < -0.39 is 0 Å². The summed E-state index contributed by atoms with van der Waals surface area (Å²) in [6, 6.07) is 5.52. The molecule has 1 heterocycles. The molecule has 1 aromatic heterocycles. The third-order valence-electron chi connectivity index (χ3n) is 5.60. The number of unbranched alkanes of at least 4 members (excludes halogenated alkanes) is 8. The lowest BCUT2D eigenvalue weighted by Gasteiger charge is -2.20. The molecule has 0 aliphatic heterocycles. The van der Waals surface area contributed by atoms with Gasteiger partial charge < -0.3 is 14.0 Å². The second-order valence-electron chi connectivity index (χ2n) is 8.44. The van der Waals surface area contributed by atoms with Crippen LogP contribution in [-0.2, 0) is 20.8 Å². The van der Waals surface area contributed by atoms with Crippen molar-refractivity contribution in [1.29, 1.82) is 0 Å². The predicted molar refractivity (Wildman–Crippen MR) is 135 cm³/mol. The van der Waals surface area contributed by atoms with E-state index in [1.54, 1.807) is 18.6 Å². The fraction of sp³-hybridized carbons (Fsp3) is 0.615. The third-order valence-corrected chi connectivity index (χ3v) is 6.16. The minimum atomic E-state index is -0.166. The standard InChI is InChI=1S/C26H38Cl2N2O3/c1-2-3-4-7-11-18-33-26(31)12-9-6-5-8-10-17-32-25(20-30-16-15-29-21-30)23-14-13-22(27)19-24(23)28/h13-16,19,21,25H,2-12,17-18,20H2,1H3/t25-/m1/s1. The zero-order chi connectivity index (χ0) is 23.7. The molecule has 0 aliphatic rings. The van der Waals surface area contributed by atoms with E-state index >= 15 is 0 Å². The summed E-state index contributed by atoms with van der Waals surface area (Å²) in [5.41, 5.74) is 0.929. The summed E-state index contributed by atoms with van der Waals surface area (Å²) in [6.07, 6.45) is 16.7. The molecule has 0 radical (unpaired) electrons. The van der Waals surface area contributed by atoms with Crippen LogP contribution in [0.15, 0.2) is 36.9 Å². The van der Waals surface area contributed by atoms with Crippen LogP contribution >= 0.6 is 23.2 Å². The van der Waals surface area contributed by atoms with Crippen molar-refractivity contribution in [1.82, 2.24) is 9.55 Å². The second kappa shape index (κ2) is 17.0. The maximum absolute atomic E-state index is 11.8. The Morgan fingerprint density at radius 2 is 1.73 bits per heavy atom. The van der Waals surface area contributed by atoms with Crippen LogP contribution in [0.25, 0.3) is 0 Å². The van der Waals surface area contributed by atoms with E-state index in [9.17, 15) is 4.79 Å². The number of nitrogens with zero attached hydrogens (tertiary/aromatic N) is 2. The zero-order valence-corrected chi connectivity index (χ0v) is 21.3. The summed E-state index contributed by atoms with van der Waals surface area (Å²) < 4.78 is 13.5. The number of rotatable bonds is 18. The molecule has 0 unspecified atom stereocenters. The van der Waals surface area contributed by atoms with E-state index in [0.29, 0.717) is 36.2 Å². The topological polar surface area (TPSA) is 53.4 Å². The van der Waals surface area contributed by atoms with Crippen LogP contribution in [0.1, 0.15) is 89.2 Å². The fourth-order valence-electron chi connectivity index (χ4n) is 3.68. The normalized spacial score (nSPS) is 12.1. The van der Waals surface area contributed by atoms with Crippen molar-refractivity contribution in [2.45, 2.75) is 90.2 Å². The van der Waals surface area contributed by atoms with Gasteiger partial charge in [0.2, 0.25) is 0 Å². The molecule has 7 heteroatoms. The van der Waals surface area contributed by atoms with Crippen LogP contribution in [0.3, 0.4) is 0 Å². The smallest absolute Gasteiger partial charge is 0.305 e. The average Bonchev–Trinajstić information content (AvgIpc) is 3.30. The van der Waals surface area contributed by atoms with Crippen molar-refractivity contribution >= 4 is 29.2 Å². The van der Waals surface area contributed by atoms with E-state index in [-0.39, 0.29) is 12.1 Å². The highest BCUT2D eigenvalue weighted by molar-refractivity contribution is 6.35. The minimum absolute atomic E-state index is 0.0592. The molecule has 0 amide bonds. The van der Waals surface area contributed by atoms with Crippen LogP contribution in [0.5, 0.6) is 0 Å². The first-order valence-electron chi connectivity index (χ1n) is 12.3. The SMILES string of the molecule is CCCCCCCOC(=O)CCCCCCCO[C@H](Cn1ccnc1)c1ccc(Cl)cc1Cl. The highest BCUT2D eigenvalue weighted by Crippen LogP contribution is 2.30.